The van der Waals surface area contributed by atoms with Crippen molar-refractivity contribution in [2.45, 2.75) is 37.5 Å². The molecule has 4 rings (SSSR count). The van der Waals surface area contributed by atoms with E-state index >= 15 is 0 Å². The van der Waals surface area contributed by atoms with Gasteiger partial charge in [0, 0.05) is 17.2 Å². The summed E-state index contributed by atoms with van der Waals surface area (Å²) in [5, 5.41) is 2.17. The molecule has 1 fully saturated rings. The van der Waals surface area contributed by atoms with Crippen LogP contribution in [0.15, 0.2) is 35.7 Å². The number of hydrogen-bond acceptors (Lipinski definition) is 2. The van der Waals surface area contributed by atoms with Crippen molar-refractivity contribution < 1.29 is 4.79 Å². The van der Waals surface area contributed by atoms with E-state index in [-0.39, 0.29) is 5.41 Å². The van der Waals surface area contributed by atoms with Crippen LogP contribution in [0.4, 0.5) is 0 Å². The minimum atomic E-state index is -0.299. The van der Waals surface area contributed by atoms with Gasteiger partial charge in [0.2, 0.25) is 0 Å². The average molecular weight is 268 g/mol. The normalized spacial score (nSPS) is 28.5. The van der Waals surface area contributed by atoms with Gasteiger partial charge in [0.1, 0.15) is 5.78 Å². The fraction of sp³-hybridized carbons (Fsp3) is 0.353. The standard InChI is InChI=1S/C17H16OS/c1-17-13-6-3-2-5-11(13)12-9-10-19-16(12)14(17)7-4-8-15(17)18/h2-3,5-6,9-10,14H,4,7-8H2,1H3/t14-,17-/m0/s1. The first-order valence-corrected chi connectivity index (χ1v) is 7.81. The van der Waals surface area contributed by atoms with Gasteiger partial charge in [-0.1, -0.05) is 24.3 Å². The Kier molecular flexibility index (Phi) is 2.28. The Morgan fingerprint density at radius 2 is 2.05 bits per heavy atom. The summed E-state index contributed by atoms with van der Waals surface area (Å²) in [4.78, 5) is 14.1. The molecule has 2 aliphatic rings. The van der Waals surface area contributed by atoms with Gasteiger partial charge >= 0.3 is 0 Å². The van der Waals surface area contributed by atoms with Crippen LogP contribution in [-0.4, -0.2) is 5.78 Å². The molecular formula is C17H16OS. The SMILES string of the molecule is C[C@@]12C(=O)CCC[C@H]1c1sccc1-c1ccccc12. The molecule has 0 N–H and O–H groups in total. The summed E-state index contributed by atoms with van der Waals surface area (Å²) in [5.74, 6) is 0.814. The minimum absolute atomic E-state index is 0.299. The highest BCUT2D eigenvalue weighted by Crippen LogP contribution is 2.56. The molecule has 0 bridgehead atoms. The lowest BCUT2D eigenvalue weighted by Crippen LogP contribution is -2.43. The summed E-state index contributed by atoms with van der Waals surface area (Å²) >= 11 is 1.82. The number of ketones is 1. The van der Waals surface area contributed by atoms with E-state index < -0.39 is 0 Å². The van der Waals surface area contributed by atoms with Crippen LogP contribution in [0.5, 0.6) is 0 Å². The van der Waals surface area contributed by atoms with Crippen LogP contribution in [0.3, 0.4) is 0 Å². The maximum absolute atomic E-state index is 12.6. The number of carbonyl (C=O) groups excluding carboxylic acids is 1. The largest absolute Gasteiger partial charge is 0.299 e. The number of benzene rings is 1. The predicted octanol–water partition coefficient (Wildman–Crippen LogP) is 4.52. The molecule has 2 aliphatic carbocycles. The number of rotatable bonds is 0. The van der Waals surface area contributed by atoms with E-state index in [1.165, 1.54) is 21.6 Å². The zero-order valence-corrected chi connectivity index (χ0v) is 11.8. The molecule has 0 radical (unpaired) electrons. The number of Topliss-reactive ketones (excluding diaryl/α,β-unsaturated/α-hetero) is 1. The van der Waals surface area contributed by atoms with Crippen LogP contribution in [0.1, 0.15) is 42.5 Å². The third kappa shape index (κ3) is 1.33. The summed E-state index contributed by atoms with van der Waals surface area (Å²) in [6.45, 7) is 2.17. The van der Waals surface area contributed by atoms with Crippen molar-refractivity contribution in [1.29, 1.82) is 0 Å². The van der Waals surface area contributed by atoms with Crippen molar-refractivity contribution in [2.75, 3.05) is 0 Å². The Morgan fingerprint density at radius 1 is 1.21 bits per heavy atom. The number of thiophene rings is 1. The second-order valence-corrected chi connectivity index (χ2v) is 6.76. The monoisotopic (exact) mass is 268 g/mol. The van der Waals surface area contributed by atoms with Gasteiger partial charge in [0.15, 0.2) is 0 Å². The van der Waals surface area contributed by atoms with E-state index in [0.717, 1.165) is 19.3 Å². The zero-order valence-electron chi connectivity index (χ0n) is 11.0. The highest BCUT2D eigenvalue weighted by atomic mass is 32.1. The van der Waals surface area contributed by atoms with Crippen molar-refractivity contribution >= 4 is 17.1 Å². The van der Waals surface area contributed by atoms with Crippen molar-refractivity contribution in [1.82, 2.24) is 0 Å². The number of hydrogen-bond donors (Lipinski definition) is 0. The molecule has 0 saturated heterocycles. The maximum atomic E-state index is 12.6. The Hall–Kier alpha value is -1.41. The lowest BCUT2D eigenvalue weighted by atomic mass is 9.58. The highest BCUT2D eigenvalue weighted by Gasteiger charge is 2.50. The van der Waals surface area contributed by atoms with E-state index in [0.29, 0.717) is 11.7 Å². The lowest BCUT2D eigenvalue weighted by molar-refractivity contribution is -0.126. The van der Waals surface area contributed by atoms with Crippen molar-refractivity contribution in [2.24, 2.45) is 0 Å². The van der Waals surface area contributed by atoms with Gasteiger partial charge in [-0.25, -0.2) is 0 Å². The fourth-order valence-corrected chi connectivity index (χ4v) is 5.10. The van der Waals surface area contributed by atoms with Crippen LogP contribution >= 0.6 is 11.3 Å². The van der Waals surface area contributed by atoms with Gasteiger partial charge in [0.25, 0.3) is 0 Å². The molecule has 1 aromatic carbocycles. The molecule has 1 saturated carbocycles. The molecule has 96 valence electrons. The first-order chi connectivity index (χ1) is 9.23. The summed E-state index contributed by atoms with van der Waals surface area (Å²) in [6, 6.07) is 10.7. The van der Waals surface area contributed by atoms with Gasteiger partial charge in [-0.15, -0.1) is 11.3 Å². The maximum Gasteiger partial charge on any atom is 0.143 e. The second kappa shape index (κ2) is 3.80. The first-order valence-electron chi connectivity index (χ1n) is 6.93. The lowest BCUT2D eigenvalue weighted by Gasteiger charge is -2.44. The molecule has 0 amide bonds. The summed E-state index contributed by atoms with van der Waals surface area (Å²) in [6.07, 6.45) is 2.92. The molecule has 2 atom stereocenters. The van der Waals surface area contributed by atoms with E-state index in [2.05, 4.69) is 42.6 Å². The van der Waals surface area contributed by atoms with Crippen LogP contribution in [-0.2, 0) is 10.2 Å². The summed E-state index contributed by atoms with van der Waals surface area (Å²) in [7, 11) is 0. The molecule has 0 aliphatic heterocycles. The fourth-order valence-electron chi connectivity index (χ4n) is 3.92. The van der Waals surface area contributed by atoms with Crippen molar-refractivity contribution in [3.05, 3.63) is 46.2 Å². The summed E-state index contributed by atoms with van der Waals surface area (Å²) in [5.41, 5.74) is 3.58. The summed E-state index contributed by atoms with van der Waals surface area (Å²) < 4.78 is 0. The van der Waals surface area contributed by atoms with Gasteiger partial charge in [-0.05, 0) is 47.9 Å². The Morgan fingerprint density at radius 3 is 2.95 bits per heavy atom. The highest BCUT2D eigenvalue weighted by molar-refractivity contribution is 7.10. The quantitative estimate of drug-likeness (QED) is 0.686. The van der Waals surface area contributed by atoms with Gasteiger partial charge in [-0.3, -0.25) is 4.79 Å². The Balaban J connectivity index is 2.07. The molecule has 1 aromatic heterocycles. The zero-order chi connectivity index (χ0) is 13.0. The number of fused-ring (bicyclic) bond motifs is 6. The van der Waals surface area contributed by atoms with E-state index in [1.54, 1.807) is 0 Å². The molecule has 0 unspecified atom stereocenters. The molecule has 1 nitrogen and oxygen atoms in total. The molecule has 1 heterocycles. The average Bonchev–Trinajstić information content (AvgIpc) is 2.91. The Labute approximate surface area is 117 Å². The van der Waals surface area contributed by atoms with Crippen molar-refractivity contribution in [3.63, 3.8) is 0 Å². The van der Waals surface area contributed by atoms with Crippen LogP contribution in [0, 0.1) is 0 Å². The Bertz CT molecular complexity index is 669. The molecule has 19 heavy (non-hydrogen) atoms. The smallest absolute Gasteiger partial charge is 0.143 e. The molecule has 2 heteroatoms. The van der Waals surface area contributed by atoms with Crippen molar-refractivity contribution in [3.8, 4) is 11.1 Å². The van der Waals surface area contributed by atoms with Crippen LogP contribution in [0.25, 0.3) is 11.1 Å². The van der Waals surface area contributed by atoms with Gasteiger partial charge in [-0.2, -0.15) is 0 Å². The second-order valence-electron chi connectivity index (χ2n) is 5.81. The van der Waals surface area contributed by atoms with Gasteiger partial charge in [0.05, 0.1) is 5.41 Å². The molecular weight excluding hydrogens is 252 g/mol. The number of carbonyl (C=O) groups is 1. The minimum Gasteiger partial charge on any atom is -0.299 e. The van der Waals surface area contributed by atoms with E-state index in [9.17, 15) is 4.79 Å². The topological polar surface area (TPSA) is 17.1 Å². The first kappa shape index (κ1) is 11.4. The third-order valence-electron chi connectivity index (χ3n) is 4.96. The van der Waals surface area contributed by atoms with E-state index in [1.807, 2.05) is 11.3 Å². The van der Waals surface area contributed by atoms with Crippen LogP contribution in [0.2, 0.25) is 0 Å². The predicted molar refractivity (Wildman–Crippen MR) is 78.7 cm³/mol. The molecule has 2 aromatic rings. The third-order valence-corrected chi connectivity index (χ3v) is 5.99. The molecule has 0 spiro atoms. The van der Waals surface area contributed by atoms with E-state index in [4.69, 9.17) is 0 Å². The van der Waals surface area contributed by atoms with Crippen LogP contribution < -0.4 is 0 Å². The van der Waals surface area contributed by atoms with Gasteiger partial charge < -0.3 is 0 Å².